The van der Waals surface area contributed by atoms with Crippen molar-refractivity contribution in [3.63, 3.8) is 0 Å². The van der Waals surface area contributed by atoms with Gasteiger partial charge in [-0.3, -0.25) is 4.79 Å². The second-order valence-corrected chi connectivity index (χ2v) is 4.66. The summed E-state index contributed by atoms with van der Waals surface area (Å²) in [5.74, 6) is -2.25. The Morgan fingerprint density at radius 2 is 1.75 bits per heavy atom. The molecule has 2 nitrogen and oxygen atoms in total. The van der Waals surface area contributed by atoms with Gasteiger partial charge in [0.25, 0.3) is 0 Å². The van der Waals surface area contributed by atoms with E-state index in [0.717, 1.165) is 12.1 Å². The molecule has 20 heavy (non-hydrogen) atoms. The van der Waals surface area contributed by atoms with E-state index >= 15 is 0 Å². The van der Waals surface area contributed by atoms with Gasteiger partial charge in [0.2, 0.25) is 5.78 Å². The quantitative estimate of drug-likeness (QED) is 0.646. The first-order valence-corrected chi connectivity index (χ1v) is 6.11. The maximum atomic E-state index is 13.1. The van der Waals surface area contributed by atoms with Crippen molar-refractivity contribution in [2.45, 2.75) is 0 Å². The number of hydrogen-bond acceptors (Lipinski definition) is 2. The van der Waals surface area contributed by atoms with Gasteiger partial charge in [0.1, 0.15) is 17.2 Å². The van der Waals surface area contributed by atoms with E-state index in [1.807, 2.05) is 0 Å². The van der Waals surface area contributed by atoms with Crippen LogP contribution in [0.3, 0.4) is 0 Å². The monoisotopic (exact) mass is 292 g/mol. The van der Waals surface area contributed by atoms with E-state index < -0.39 is 17.4 Å². The lowest BCUT2D eigenvalue weighted by molar-refractivity contribution is 0.101. The number of benzene rings is 2. The molecule has 0 aliphatic heterocycles. The second kappa shape index (κ2) is 4.72. The molecule has 1 aromatic heterocycles. The van der Waals surface area contributed by atoms with Crippen molar-refractivity contribution >= 4 is 28.4 Å². The second-order valence-electron chi connectivity index (χ2n) is 4.25. The zero-order valence-electron chi connectivity index (χ0n) is 9.99. The lowest BCUT2D eigenvalue weighted by Gasteiger charge is -1.98. The van der Waals surface area contributed by atoms with Crippen LogP contribution in [0.15, 0.2) is 46.9 Å². The topological polar surface area (TPSA) is 30.2 Å². The van der Waals surface area contributed by atoms with Crippen LogP contribution in [0, 0.1) is 11.6 Å². The lowest BCUT2D eigenvalue weighted by Crippen LogP contribution is -2.01. The van der Waals surface area contributed by atoms with Crippen LogP contribution in [0.25, 0.3) is 11.0 Å². The summed E-state index contributed by atoms with van der Waals surface area (Å²) in [5.41, 5.74) is 0.329. The third-order valence-electron chi connectivity index (χ3n) is 2.86. The summed E-state index contributed by atoms with van der Waals surface area (Å²) in [5, 5.41) is 1.02. The van der Waals surface area contributed by atoms with E-state index in [9.17, 15) is 13.6 Å². The molecule has 0 saturated heterocycles. The molecule has 0 bridgehead atoms. The summed E-state index contributed by atoms with van der Waals surface area (Å²) in [7, 11) is 0. The van der Waals surface area contributed by atoms with E-state index in [2.05, 4.69) is 0 Å². The first-order valence-electron chi connectivity index (χ1n) is 5.73. The van der Waals surface area contributed by atoms with E-state index in [-0.39, 0.29) is 11.3 Å². The third-order valence-corrected chi connectivity index (χ3v) is 3.19. The molecule has 0 radical (unpaired) electrons. The van der Waals surface area contributed by atoms with Crippen molar-refractivity contribution in [1.82, 2.24) is 0 Å². The Balaban J connectivity index is 2.10. The Morgan fingerprint density at radius 1 is 1.05 bits per heavy atom. The number of carbonyl (C=O) groups is 1. The maximum Gasteiger partial charge on any atom is 0.228 e. The summed E-state index contributed by atoms with van der Waals surface area (Å²) in [6, 6.07) is 9.08. The molecule has 5 heteroatoms. The van der Waals surface area contributed by atoms with Gasteiger partial charge in [0, 0.05) is 17.0 Å². The molecule has 2 aromatic carbocycles. The molecule has 1 heterocycles. The molecule has 100 valence electrons. The number of fused-ring (bicyclic) bond motifs is 1. The average Bonchev–Trinajstić information content (AvgIpc) is 2.82. The summed E-state index contributed by atoms with van der Waals surface area (Å²) in [4.78, 5) is 12.2. The fourth-order valence-electron chi connectivity index (χ4n) is 1.96. The number of carbonyl (C=O) groups excluding carboxylic acids is 1. The van der Waals surface area contributed by atoms with Gasteiger partial charge < -0.3 is 4.42 Å². The van der Waals surface area contributed by atoms with E-state index in [1.165, 1.54) is 6.07 Å². The highest BCUT2D eigenvalue weighted by Gasteiger charge is 2.17. The summed E-state index contributed by atoms with van der Waals surface area (Å²) >= 11 is 5.98. The highest BCUT2D eigenvalue weighted by molar-refractivity contribution is 6.35. The molecule has 3 aromatic rings. The Kier molecular flexibility index (Phi) is 3.03. The molecular formula is C15H7ClF2O2. The lowest BCUT2D eigenvalue weighted by atomic mass is 10.1. The standard InChI is InChI=1S/C15H7ClF2O2/c16-12-2-1-3-13-11(12)7-14(20-13)15(19)8-4-9(17)6-10(18)5-8/h1-7H. The molecule has 0 spiro atoms. The normalized spacial score (nSPS) is 10.9. The fraction of sp³-hybridized carbons (Fsp3) is 0. The Bertz CT molecular complexity index is 804. The molecule has 3 rings (SSSR count). The minimum absolute atomic E-state index is 0.0156. The zero-order valence-corrected chi connectivity index (χ0v) is 10.7. The third kappa shape index (κ3) is 2.18. The van der Waals surface area contributed by atoms with Crippen molar-refractivity contribution in [2.24, 2.45) is 0 Å². The van der Waals surface area contributed by atoms with Gasteiger partial charge >= 0.3 is 0 Å². The largest absolute Gasteiger partial charge is 0.453 e. The first-order chi connectivity index (χ1) is 9.54. The summed E-state index contributed by atoms with van der Waals surface area (Å²) in [6.07, 6.45) is 0. The molecule has 0 amide bonds. The molecule has 0 saturated carbocycles. The van der Waals surface area contributed by atoms with Gasteiger partial charge in [-0.05, 0) is 30.3 Å². The molecule has 0 aliphatic carbocycles. The van der Waals surface area contributed by atoms with Crippen LogP contribution in [-0.2, 0) is 0 Å². The molecular weight excluding hydrogens is 286 g/mol. The average molecular weight is 293 g/mol. The van der Waals surface area contributed by atoms with E-state index in [4.69, 9.17) is 16.0 Å². The summed E-state index contributed by atoms with van der Waals surface area (Å²) in [6.45, 7) is 0. The van der Waals surface area contributed by atoms with Crippen LogP contribution in [0.1, 0.15) is 16.1 Å². The minimum Gasteiger partial charge on any atom is -0.453 e. The van der Waals surface area contributed by atoms with Crippen LogP contribution in [0.2, 0.25) is 5.02 Å². The SMILES string of the molecule is O=C(c1cc(F)cc(F)c1)c1cc2c(Cl)cccc2o1. The predicted octanol–water partition coefficient (Wildman–Crippen LogP) is 4.60. The zero-order chi connectivity index (χ0) is 14.3. The van der Waals surface area contributed by atoms with Gasteiger partial charge in [-0.25, -0.2) is 8.78 Å². The molecule has 0 unspecified atom stereocenters. The van der Waals surface area contributed by atoms with Gasteiger partial charge in [0.05, 0.1) is 5.02 Å². The first kappa shape index (κ1) is 12.8. The molecule has 0 fully saturated rings. The van der Waals surface area contributed by atoms with Crippen LogP contribution in [-0.4, -0.2) is 5.78 Å². The molecule has 0 atom stereocenters. The van der Waals surface area contributed by atoms with Gasteiger partial charge in [-0.1, -0.05) is 17.7 Å². The predicted molar refractivity (Wildman–Crippen MR) is 71.0 cm³/mol. The Hall–Kier alpha value is -2.20. The number of halogens is 3. The Labute approximate surface area is 117 Å². The fourth-order valence-corrected chi connectivity index (χ4v) is 2.18. The number of furan rings is 1. The Morgan fingerprint density at radius 3 is 2.40 bits per heavy atom. The van der Waals surface area contributed by atoms with Crippen molar-refractivity contribution in [1.29, 1.82) is 0 Å². The van der Waals surface area contributed by atoms with Crippen molar-refractivity contribution in [3.05, 3.63) is 70.4 Å². The maximum absolute atomic E-state index is 13.1. The van der Waals surface area contributed by atoms with Gasteiger partial charge in [0.15, 0.2) is 5.76 Å². The van der Waals surface area contributed by atoms with Crippen LogP contribution >= 0.6 is 11.6 Å². The highest BCUT2D eigenvalue weighted by atomic mass is 35.5. The van der Waals surface area contributed by atoms with Crippen molar-refractivity contribution < 1.29 is 18.0 Å². The van der Waals surface area contributed by atoms with E-state index in [1.54, 1.807) is 18.2 Å². The summed E-state index contributed by atoms with van der Waals surface area (Å²) < 4.78 is 31.6. The smallest absolute Gasteiger partial charge is 0.228 e. The highest BCUT2D eigenvalue weighted by Crippen LogP contribution is 2.27. The van der Waals surface area contributed by atoms with Crippen LogP contribution in [0.5, 0.6) is 0 Å². The molecule has 0 aliphatic rings. The van der Waals surface area contributed by atoms with E-state index in [0.29, 0.717) is 22.1 Å². The molecule has 0 N–H and O–H groups in total. The minimum atomic E-state index is -0.817. The number of ketones is 1. The number of hydrogen-bond donors (Lipinski definition) is 0. The van der Waals surface area contributed by atoms with Crippen molar-refractivity contribution in [2.75, 3.05) is 0 Å². The van der Waals surface area contributed by atoms with Crippen LogP contribution < -0.4 is 0 Å². The number of rotatable bonds is 2. The van der Waals surface area contributed by atoms with Crippen molar-refractivity contribution in [3.8, 4) is 0 Å². The van der Waals surface area contributed by atoms with Crippen LogP contribution in [0.4, 0.5) is 8.78 Å². The van der Waals surface area contributed by atoms with Gasteiger partial charge in [-0.15, -0.1) is 0 Å². The van der Waals surface area contributed by atoms with Gasteiger partial charge in [-0.2, -0.15) is 0 Å².